The summed E-state index contributed by atoms with van der Waals surface area (Å²) in [6.45, 7) is 3.18. The maximum absolute atomic E-state index is 14.2. The Morgan fingerprint density at radius 2 is 1.68 bits per heavy atom. The zero-order valence-corrected chi connectivity index (χ0v) is 18.4. The van der Waals surface area contributed by atoms with Crippen molar-refractivity contribution in [3.05, 3.63) is 83.4 Å². The van der Waals surface area contributed by atoms with E-state index in [2.05, 4.69) is 0 Å². The topological polar surface area (TPSA) is 55.8 Å². The minimum Gasteiger partial charge on any atom is -0.497 e. The van der Waals surface area contributed by atoms with E-state index in [1.165, 1.54) is 44.6 Å². The van der Waals surface area contributed by atoms with Crippen molar-refractivity contribution in [2.75, 3.05) is 18.5 Å². The van der Waals surface area contributed by atoms with Crippen LogP contribution < -0.4 is 13.8 Å². The number of rotatable bonds is 7. The molecule has 0 unspecified atom stereocenters. The van der Waals surface area contributed by atoms with Gasteiger partial charge in [0.15, 0.2) is 0 Å². The first-order valence-electron chi connectivity index (χ1n) is 9.47. The number of nitrogens with zero attached hydrogens (tertiary/aromatic N) is 1. The maximum Gasteiger partial charge on any atom is 0.264 e. The molecule has 0 aliphatic carbocycles. The van der Waals surface area contributed by atoms with Gasteiger partial charge >= 0.3 is 0 Å². The highest BCUT2D eigenvalue weighted by molar-refractivity contribution is 7.92. The summed E-state index contributed by atoms with van der Waals surface area (Å²) in [7, 11) is -1.31. The van der Waals surface area contributed by atoms with Gasteiger partial charge in [-0.3, -0.25) is 4.31 Å². The van der Waals surface area contributed by atoms with Crippen LogP contribution in [0.1, 0.15) is 24.1 Å². The molecule has 0 bridgehead atoms. The zero-order chi connectivity index (χ0) is 22.8. The lowest BCUT2D eigenvalue weighted by molar-refractivity contribution is 0.396. The molecule has 31 heavy (non-hydrogen) atoms. The molecule has 0 aromatic heterocycles. The molecule has 1 atom stereocenters. The Kier molecular flexibility index (Phi) is 6.50. The van der Waals surface area contributed by atoms with Gasteiger partial charge in [-0.25, -0.2) is 17.2 Å². The summed E-state index contributed by atoms with van der Waals surface area (Å²) in [5, 5.41) is 0. The molecular weight excluding hydrogens is 424 g/mol. The average Bonchev–Trinajstić information content (AvgIpc) is 2.75. The van der Waals surface area contributed by atoms with Crippen molar-refractivity contribution in [3.63, 3.8) is 0 Å². The summed E-state index contributed by atoms with van der Waals surface area (Å²) in [4.78, 5) is -0.242. The molecule has 0 aliphatic heterocycles. The number of hydrogen-bond acceptors (Lipinski definition) is 4. The summed E-state index contributed by atoms with van der Waals surface area (Å²) >= 11 is 0. The van der Waals surface area contributed by atoms with Gasteiger partial charge in [0, 0.05) is 5.56 Å². The van der Waals surface area contributed by atoms with Gasteiger partial charge in [-0.15, -0.1) is 0 Å². The van der Waals surface area contributed by atoms with Crippen LogP contribution in [-0.4, -0.2) is 22.6 Å². The monoisotopic (exact) mass is 447 g/mol. The lowest BCUT2D eigenvalue weighted by Gasteiger charge is -2.32. The third kappa shape index (κ3) is 4.49. The quantitative estimate of drug-likeness (QED) is 0.497. The van der Waals surface area contributed by atoms with E-state index in [-0.39, 0.29) is 10.6 Å². The maximum atomic E-state index is 14.2. The van der Waals surface area contributed by atoms with Crippen LogP contribution in [-0.2, 0) is 10.0 Å². The van der Waals surface area contributed by atoms with Gasteiger partial charge in [0.25, 0.3) is 10.0 Å². The first-order chi connectivity index (χ1) is 14.7. The van der Waals surface area contributed by atoms with Crippen LogP contribution in [0.2, 0.25) is 0 Å². The van der Waals surface area contributed by atoms with Crippen LogP contribution in [0.4, 0.5) is 14.5 Å². The summed E-state index contributed by atoms with van der Waals surface area (Å²) in [5.41, 5.74) is 0.916. The molecule has 3 aromatic rings. The predicted octanol–water partition coefficient (Wildman–Crippen LogP) is 5.25. The molecule has 0 amide bonds. The fraction of sp³-hybridized carbons (Fsp3) is 0.217. The van der Waals surface area contributed by atoms with E-state index in [0.29, 0.717) is 22.6 Å². The van der Waals surface area contributed by atoms with Crippen molar-refractivity contribution < 1.29 is 26.7 Å². The number of halogens is 2. The molecule has 0 spiro atoms. The van der Waals surface area contributed by atoms with Crippen LogP contribution in [0.25, 0.3) is 0 Å². The lowest BCUT2D eigenvalue weighted by Crippen LogP contribution is -2.34. The van der Waals surface area contributed by atoms with Gasteiger partial charge in [-0.2, -0.15) is 0 Å². The second-order valence-corrected chi connectivity index (χ2v) is 8.79. The van der Waals surface area contributed by atoms with Gasteiger partial charge < -0.3 is 9.47 Å². The fourth-order valence-corrected chi connectivity index (χ4v) is 4.96. The van der Waals surface area contributed by atoms with E-state index < -0.39 is 27.7 Å². The molecule has 0 aliphatic rings. The summed E-state index contributed by atoms with van der Waals surface area (Å²) in [6.07, 6.45) is 0. The standard InChI is InChI=1S/C23H23F2NO4S/c1-15-8-10-20(14-22(15)25)31(27,28)26(18-7-5-6-17(24)12-18)16(2)21-13-19(29-3)9-11-23(21)30-4/h5-14,16H,1-4H3/t16-/m0/s1. The molecule has 0 saturated heterocycles. The number of benzene rings is 3. The molecule has 0 heterocycles. The van der Waals surface area contributed by atoms with Crippen LogP contribution in [0.15, 0.2) is 65.6 Å². The minimum atomic E-state index is -4.27. The molecule has 8 heteroatoms. The van der Waals surface area contributed by atoms with E-state index in [0.717, 1.165) is 16.4 Å². The van der Waals surface area contributed by atoms with Gasteiger partial charge in [0.2, 0.25) is 0 Å². The first kappa shape index (κ1) is 22.6. The number of aryl methyl sites for hydroxylation is 1. The third-order valence-electron chi connectivity index (χ3n) is 5.00. The Hall–Kier alpha value is -3.13. The van der Waals surface area contributed by atoms with Crippen LogP contribution in [0, 0.1) is 18.6 Å². The van der Waals surface area contributed by atoms with Crippen LogP contribution >= 0.6 is 0 Å². The number of ether oxygens (including phenoxy) is 2. The predicted molar refractivity (Wildman–Crippen MR) is 115 cm³/mol. The normalized spacial score (nSPS) is 12.3. The number of sulfonamides is 1. The summed E-state index contributed by atoms with van der Waals surface area (Å²) in [6, 6.07) is 13.1. The highest BCUT2D eigenvalue weighted by Crippen LogP contribution is 2.38. The molecule has 5 nitrogen and oxygen atoms in total. The number of anilines is 1. The van der Waals surface area contributed by atoms with Crippen molar-refractivity contribution in [2.45, 2.75) is 24.8 Å². The van der Waals surface area contributed by atoms with Crippen molar-refractivity contribution in [3.8, 4) is 11.5 Å². The van der Waals surface area contributed by atoms with Gasteiger partial charge in [-0.1, -0.05) is 12.1 Å². The minimum absolute atomic E-state index is 0.0957. The second kappa shape index (κ2) is 8.93. The van der Waals surface area contributed by atoms with E-state index >= 15 is 0 Å². The van der Waals surface area contributed by atoms with Crippen LogP contribution in [0.5, 0.6) is 11.5 Å². The van der Waals surface area contributed by atoms with Gasteiger partial charge in [0.05, 0.1) is 30.8 Å². The Morgan fingerprint density at radius 1 is 0.935 bits per heavy atom. The lowest BCUT2D eigenvalue weighted by atomic mass is 10.1. The molecule has 0 fully saturated rings. The summed E-state index contributed by atoms with van der Waals surface area (Å²) in [5.74, 6) is -0.315. The molecule has 3 rings (SSSR count). The molecule has 0 N–H and O–H groups in total. The van der Waals surface area contributed by atoms with Crippen molar-refractivity contribution in [2.24, 2.45) is 0 Å². The molecule has 0 saturated carbocycles. The highest BCUT2D eigenvalue weighted by atomic mass is 32.2. The fourth-order valence-electron chi connectivity index (χ4n) is 3.32. The average molecular weight is 448 g/mol. The third-order valence-corrected chi connectivity index (χ3v) is 6.90. The van der Waals surface area contributed by atoms with Gasteiger partial charge in [0.1, 0.15) is 23.1 Å². The second-order valence-electron chi connectivity index (χ2n) is 6.98. The van der Waals surface area contributed by atoms with E-state index in [4.69, 9.17) is 9.47 Å². The molecular formula is C23H23F2NO4S. The first-order valence-corrected chi connectivity index (χ1v) is 10.9. The Bertz CT molecular complexity index is 1200. The molecule has 3 aromatic carbocycles. The Balaban J connectivity index is 2.24. The SMILES string of the molecule is COc1ccc(OC)c([C@H](C)N(c2cccc(F)c2)S(=O)(=O)c2ccc(C)c(F)c2)c1. The number of methoxy groups -OCH3 is 2. The van der Waals surface area contributed by atoms with E-state index in [1.807, 2.05) is 0 Å². The van der Waals surface area contributed by atoms with Gasteiger partial charge in [-0.05, 0) is 67.9 Å². The van der Waals surface area contributed by atoms with Crippen LogP contribution in [0.3, 0.4) is 0 Å². The summed E-state index contributed by atoms with van der Waals surface area (Å²) < 4.78 is 67.3. The Labute approximate surface area is 180 Å². The number of hydrogen-bond donors (Lipinski definition) is 0. The largest absolute Gasteiger partial charge is 0.497 e. The van der Waals surface area contributed by atoms with Crippen molar-refractivity contribution in [1.82, 2.24) is 0 Å². The van der Waals surface area contributed by atoms with Crippen molar-refractivity contribution in [1.29, 1.82) is 0 Å². The Morgan fingerprint density at radius 3 is 2.29 bits per heavy atom. The highest BCUT2D eigenvalue weighted by Gasteiger charge is 2.33. The smallest absolute Gasteiger partial charge is 0.264 e. The van der Waals surface area contributed by atoms with E-state index in [1.54, 1.807) is 32.0 Å². The van der Waals surface area contributed by atoms with E-state index in [9.17, 15) is 17.2 Å². The molecule has 164 valence electrons. The zero-order valence-electron chi connectivity index (χ0n) is 17.6. The molecule has 0 radical (unpaired) electrons. The van der Waals surface area contributed by atoms with Crippen molar-refractivity contribution >= 4 is 15.7 Å².